The van der Waals surface area contributed by atoms with E-state index in [-0.39, 0.29) is 12.1 Å². The number of aliphatic hydroxyl groups excluding tert-OH is 1. The SMILES string of the molecule is CN(C)c1noc(CN2C[C@H](O)C[C@H]2c2cc(F)ccc2F)n1. The van der Waals surface area contributed by atoms with Crippen LogP contribution < -0.4 is 4.90 Å². The molecule has 6 nitrogen and oxygen atoms in total. The lowest BCUT2D eigenvalue weighted by molar-refractivity contribution is 0.164. The molecule has 0 aliphatic carbocycles. The highest BCUT2D eigenvalue weighted by Gasteiger charge is 2.34. The van der Waals surface area contributed by atoms with Crippen LogP contribution in [-0.2, 0) is 6.54 Å². The fraction of sp³-hybridized carbons (Fsp3) is 0.467. The van der Waals surface area contributed by atoms with E-state index in [9.17, 15) is 13.9 Å². The van der Waals surface area contributed by atoms with Gasteiger partial charge in [-0.2, -0.15) is 4.98 Å². The highest BCUT2D eigenvalue weighted by molar-refractivity contribution is 5.25. The first-order chi connectivity index (χ1) is 10.9. The molecule has 2 aromatic rings. The summed E-state index contributed by atoms with van der Waals surface area (Å²) in [7, 11) is 3.58. The second-order valence-corrected chi connectivity index (χ2v) is 5.88. The number of nitrogens with zero attached hydrogens (tertiary/aromatic N) is 4. The van der Waals surface area contributed by atoms with E-state index in [0.717, 1.165) is 12.1 Å². The molecule has 1 aromatic carbocycles. The van der Waals surface area contributed by atoms with E-state index in [4.69, 9.17) is 4.52 Å². The maximum atomic E-state index is 14.0. The van der Waals surface area contributed by atoms with Gasteiger partial charge in [0.1, 0.15) is 11.6 Å². The predicted octanol–water partition coefficient (Wildman–Crippen LogP) is 1.72. The van der Waals surface area contributed by atoms with Gasteiger partial charge in [-0.3, -0.25) is 4.90 Å². The highest BCUT2D eigenvalue weighted by atomic mass is 19.1. The van der Waals surface area contributed by atoms with Gasteiger partial charge in [0.2, 0.25) is 5.89 Å². The third-order valence-corrected chi connectivity index (χ3v) is 3.89. The van der Waals surface area contributed by atoms with Crippen LogP contribution in [0.3, 0.4) is 0 Å². The molecule has 2 atom stereocenters. The van der Waals surface area contributed by atoms with Gasteiger partial charge in [0.15, 0.2) is 0 Å². The largest absolute Gasteiger partial charge is 0.392 e. The molecular formula is C15H18F2N4O2. The minimum Gasteiger partial charge on any atom is -0.392 e. The molecule has 8 heteroatoms. The van der Waals surface area contributed by atoms with Gasteiger partial charge in [-0.05, 0) is 29.8 Å². The van der Waals surface area contributed by atoms with E-state index in [2.05, 4.69) is 10.1 Å². The Labute approximate surface area is 132 Å². The van der Waals surface area contributed by atoms with Crippen LogP contribution in [0.2, 0.25) is 0 Å². The Hall–Kier alpha value is -2.06. The molecule has 0 spiro atoms. The number of hydrogen-bond donors (Lipinski definition) is 1. The number of hydrogen-bond acceptors (Lipinski definition) is 6. The molecule has 0 unspecified atom stereocenters. The number of halogens is 2. The van der Waals surface area contributed by atoms with Crippen molar-refractivity contribution in [1.29, 1.82) is 0 Å². The molecule has 1 fully saturated rings. The summed E-state index contributed by atoms with van der Waals surface area (Å²) in [5, 5.41) is 13.8. The van der Waals surface area contributed by atoms with Crippen molar-refractivity contribution >= 4 is 5.95 Å². The Balaban J connectivity index is 1.83. The van der Waals surface area contributed by atoms with Crippen molar-refractivity contribution < 1.29 is 18.4 Å². The second-order valence-electron chi connectivity index (χ2n) is 5.88. The lowest BCUT2D eigenvalue weighted by Gasteiger charge is -2.23. The Bertz CT molecular complexity index is 692. The number of anilines is 1. The molecule has 1 N–H and O–H groups in total. The van der Waals surface area contributed by atoms with Gasteiger partial charge < -0.3 is 14.5 Å². The van der Waals surface area contributed by atoms with Crippen LogP contribution in [0.25, 0.3) is 0 Å². The van der Waals surface area contributed by atoms with E-state index < -0.39 is 23.8 Å². The number of likely N-dealkylation sites (tertiary alicyclic amines) is 1. The molecule has 124 valence electrons. The third-order valence-electron chi connectivity index (χ3n) is 3.89. The molecule has 0 saturated carbocycles. The van der Waals surface area contributed by atoms with Gasteiger partial charge in [-0.1, -0.05) is 0 Å². The first-order valence-corrected chi connectivity index (χ1v) is 7.31. The Morgan fingerprint density at radius 3 is 2.87 bits per heavy atom. The molecule has 1 aromatic heterocycles. The number of rotatable bonds is 4. The molecule has 23 heavy (non-hydrogen) atoms. The Morgan fingerprint density at radius 1 is 1.39 bits per heavy atom. The van der Waals surface area contributed by atoms with Crippen molar-refractivity contribution in [3.63, 3.8) is 0 Å². The smallest absolute Gasteiger partial charge is 0.265 e. The zero-order valence-electron chi connectivity index (χ0n) is 12.9. The number of benzene rings is 1. The van der Waals surface area contributed by atoms with Crippen LogP contribution >= 0.6 is 0 Å². The summed E-state index contributed by atoms with van der Waals surface area (Å²) in [6, 6.07) is 2.92. The molecule has 2 heterocycles. The molecular weight excluding hydrogens is 306 g/mol. The lowest BCUT2D eigenvalue weighted by Crippen LogP contribution is -2.25. The van der Waals surface area contributed by atoms with E-state index in [1.807, 2.05) is 4.90 Å². The van der Waals surface area contributed by atoms with Gasteiger partial charge in [-0.25, -0.2) is 8.78 Å². The van der Waals surface area contributed by atoms with Gasteiger partial charge in [0, 0.05) is 32.2 Å². The Morgan fingerprint density at radius 2 is 2.17 bits per heavy atom. The molecule has 1 aliphatic rings. The predicted molar refractivity (Wildman–Crippen MR) is 78.8 cm³/mol. The molecule has 1 aliphatic heterocycles. The van der Waals surface area contributed by atoms with Crippen molar-refractivity contribution in [3.8, 4) is 0 Å². The van der Waals surface area contributed by atoms with Gasteiger partial charge >= 0.3 is 0 Å². The first-order valence-electron chi connectivity index (χ1n) is 7.31. The van der Waals surface area contributed by atoms with Crippen LogP contribution in [0.1, 0.15) is 23.9 Å². The monoisotopic (exact) mass is 324 g/mol. The van der Waals surface area contributed by atoms with E-state index >= 15 is 0 Å². The lowest BCUT2D eigenvalue weighted by atomic mass is 10.0. The standard InChI is InChI=1S/C15H18F2N4O2/c1-20(2)15-18-14(23-19-15)8-21-7-10(22)6-13(21)11-5-9(16)3-4-12(11)17/h3-5,10,13,22H,6-8H2,1-2H3/t10-,13+/m1/s1. The fourth-order valence-electron chi connectivity index (χ4n) is 2.81. The number of aliphatic hydroxyl groups is 1. The maximum Gasteiger partial charge on any atom is 0.265 e. The van der Waals surface area contributed by atoms with Crippen molar-refractivity contribution in [3.05, 3.63) is 41.3 Å². The van der Waals surface area contributed by atoms with Crippen molar-refractivity contribution in [2.75, 3.05) is 25.5 Å². The molecule has 0 amide bonds. The van der Waals surface area contributed by atoms with Gasteiger partial charge in [0.05, 0.1) is 12.6 Å². The van der Waals surface area contributed by atoms with Gasteiger partial charge in [0.25, 0.3) is 5.95 Å². The summed E-state index contributed by atoms with van der Waals surface area (Å²) in [4.78, 5) is 7.74. The number of aromatic nitrogens is 2. The van der Waals surface area contributed by atoms with Crippen molar-refractivity contribution in [1.82, 2.24) is 15.0 Å². The molecule has 1 saturated heterocycles. The van der Waals surface area contributed by atoms with E-state index in [1.54, 1.807) is 19.0 Å². The van der Waals surface area contributed by atoms with Crippen LogP contribution in [0.5, 0.6) is 0 Å². The normalized spacial score (nSPS) is 21.8. The Kier molecular flexibility index (Phi) is 4.27. The third kappa shape index (κ3) is 3.32. The summed E-state index contributed by atoms with van der Waals surface area (Å²) in [6.45, 7) is 0.596. The van der Waals surface area contributed by atoms with Crippen molar-refractivity contribution in [2.45, 2.75) is 25.1 Å². The molecule has 0 bridgehead atoms. The van der Waals surface area contributed by atoms with E-state index in [1.165, 1.54) is 6.07 Å². The summed E-state index contributed by atoms with van der Waals surface area (Å²) in [5.41, 5.74) is 0.230. The first kappa shape index (κ1) is 15.8. The van der Waals surface area contributed by atoms with Crippen LogP contribution in [0.15, 0.2) is 22.7 Å². The zero-order valence-corrected chi connectivity index (χ0v) is 12.9. The number of β-amino-alcohol motifs (C(OH)–C–C–N with tert-alkyl or cyclic N) is 1. The average molecular weight is 324 g/mol. The fourth-order valence-corrected chi connectivity index (χ4v) is 2.81. The van der Waals surface area contributed by atoms with Crippen LogP contribution in [-0.4, -0.2) is 46.9 Å². The highest BCUT2D eigenvalue weighted by Crippen LogP contribution is 2.35. The minimum absolute atomic E-state index is 0.230. The van der Waals surface area contributed by atoms with Gasteiger partial charge in [-0.15, -0.1) is 0 Å². The summed E-state index contributed by atoms with van der Waals surface area (Å²) >= 11 is 0. The summed E-state index contributed by atoms with van der Waals surface area (Å²) in [5.74, 6) is -0.191. The minimum atomic E-state index is -0.612. The maximum absolute atomic E-state index is 14.0. The second kappa shape index (κ2) is 6.21. The van der Waals surface area contributed by atoms with E-state index in [0.29, 0.717) is 24.8 Å². The quantitative estimate of drug-likeness (QED) is 0.924. The topological polar surface area (TPSA) is 65.6 Å². The molecule has 3 rings (SSSR count). The summed E-state index contributed by atoms with van der Waals surface area (Å²) < 4.78 is 32.7. The van der Waals surface area contributed by atoms with Crippen LogP contribution in [0.4, 0.5) is 14.7 Å². The molecule has 0 radical (unpaired) electrons. The van der Waals surface area contributed by atoms with Crippen LogP contribution in [0, 0.1) is 11.6 Å². The average Bonchev–Trinajstić information content (AvgIpc) is 3.09. The zero-order chi connectivity index (χ0) is 16.6. The van der Waals surface area contributed by atoms with Crippen molar-refractivity contribution in [2.24, 2.45) is 0 Å². The summed E-state index contributed by atoms with van der Waals surface area (Å²) in [6.07, 6.45) is -0.284.